The number of aromatic nitrogens is 2. The third-order valence-corrected chi connectivity index (χ3v) is 2.92. The van der Waals surface area contributed by atoms with E-state index >= 15 is 0 Å². The molecule has 19 heavy (non-hydrogen) atoms. The Kier molecular flexibility index (Phi) is 3.85. The third kappa shape index (κ3) is 2.93. The molecule has 2 N–H and O–H groups in total. The van der Waals surface area contributed by atoms with Crippen LogP contribution in [0.2, 0.25) is 0 Å². The van der Waals surface area contributed by atoms with Gasteiger partial charge in [0.25, 0.3) is 0 Å². The minimum absolute atomic E-state index is 0.138. The smallest absolute Gasteiger partial charge is 0.339 e. The average Bonchev–Trinajstić information content (AvgIpc) is 2.78. The van der Waals surface area contributed by atoms with Crippen molar-refractivity contribution in [3.63, 3.8) is 0 Å². The van der Waals surface area contributed by atoms with Gasteiger partial charge in [-0.2, -0.15) is 5.10 Å². The topological polar surface area (TPSA) is 75.2 Å². The number of aromatic carboxylic acids is 1. The van der Waals surface area contributed by atoms with E-state index in [4.69, 9.17) is 9.84 Å². The van der Waals surface area contributed by atoms with Gasteiger partial charge < -0.3 is 9.84 Å². The van der Waals surface area contributed by atoms with Crippen LogP contribution in [0.1, 0.15) is 34.2 Å². The zero-order valence-electron chi connectivity index (χ0n) is 10.9. The molecule has 0 saturated heterocycles. The van der Waals surface area contributed by atoms with Crippen molar-refractivity contribution in [2.45, 2.75) is 26.9 Å². The molecule has 0 unspecified atom stereocenters. The number of nitrogens with zero attached hydrogens (tertiary/aromatic N) is 1. The first kappa shape index (κ1) is 13.1. The number of rotatable bonds is 5. The Labute approximate surface area is 111 Å². The molecular formula is C14H16N2O3. The Morgan fingerprint density at radius 3 is 2.95 bits per heavy atom. The Bertz CT molecular complexity index is 590. The molecule has 0 aliphatic carbocycles. The summed E-state index contributed by atoms with van der Waals surface area (Å²) in [5.74, 6) is -0.275. The fourth-order valence-electron chi connectivity index (χ4n) is 1.87. The van der Waals surface area contributed by atoms with Gasteiger partial charge in [-0.1, -0.05) is 19.1 Å². The third-order valence-electron chi connectivity index (χ3n) is 2.92. The van der Waals surface area contributed by atoms with E-state index in [0.29, 0.717) is 11.4 Å². The fraction of sp³-hybridized carbons (Fsp3) is 0.286. The van der Waals surface area contributed by atoms with Crippen LogP contribution < -0.4 is 4.74 Å². The molecule has 0 fully saturated rings. The highest BCUT2D eigenvalue weighted by atomic mass is 16.5. The Morgan fingerprint density at radius 1 is 1.47 bits per heavy atom. The zero-order valence-corrected chi connectivity index (χ0v) is 10.9. The molecule has 0 aliphatic rings. The molecule has 0 radical (unpaired) electrons. The van der Waals surface area contributed by atoms with Crippen molar-refractivity contribution in [2.24, 2.45) is 0 Å². The Hall–Kier alpha value is -2.30. The summed E-state index contributed by atoms with van der Waals surface area (Å²) in [6.45, 7) is 3.88. The van der Waals surface area contributed by atoms with E-state index in [1.54, 1.807) is 6.92 Å². The Balaban J connectivity index is 2.12. The highest BCUT2D eigenvalue weighted by Crippen LogP contribution is 2.17. The second-order valence-corrected chi connectivity index (χ2v) is 4.27. The minimum Gasteiger partial charge on any atom is -0.487 e. The highest BCUT2D eigenvalue weighted by Gasteiger charge is 2.17. The van der Waals surface area contributed by atoms with Crippen molar-refractivity contribution in [3.8, 4) is 5.75 Å². The fourth-order valence-corrected chi connectivity index (χ4v) is 1.87. The molecule has 2 aromatic rings. The van der Waals surface area contributed by atoms with Gasteiger partial charge in [-0.25, -0.2) is 4.79 Å². The van der Waals surface area contributed by atoms with E-state index in [0.717, 1.165) is 12.2 Å². The van der Waals surface area contributed by atoms with Gasteiger partial charge in [-0.3, -0.25) is 5.10 Å². The molecule has 5 heteroatoms. The standard InChI is InChI=1S/C14H16N2O3/c1-3-10-5-4-6-11(7-10)19-8-12-13(14(17)18)9(2)15-16-12/h4-7H,3,8H2,1-2H3,(H,15,16)(H,17,18). The van der Waals surface area contributed by atoms with Gasteiger partial charge in [0.2, 0.25) is 0 Å². The second kappa shape index (κ2) is 5.56. The van der Waals surface area contributed by atoms with Crippen molar-refractivity contribution in [1.29, 1.82) is 0 Å². The number of benzene rings is 1. The van der Waals surface area contributed by atoms with Gasteiger partial charge in [0, 0.05) is 5.69 Å². The van der Waals surface area contributed by atoms with Gasteiger partial charge >= 0.3 is 5.97 Å². The van der Waals surface area contributed by atoms with Gasteiger partial charge in [0.05, 0.1) is 0 Å². The van der Waals surface area contributed by atoms with Crippen LogP contribution in [0.4, 0.5) is 0 Å². The van der Waals surface area contributed by atoms with Crippen LogP contribution in [-0.2, 0) is 13.0 Å². The number of hydrogen-bond acceptors (Lipinski definition) is 3. The van der Waals surface area contributed by atoms with Gasteiger partial charge in [0.1, 0.15) is 23.6 Å². The lowest BCUT2D eigenvalue weighted by molar-refractivity contribution is 0.0693. The summed E-state index contributed by atoms with van der Waals surface area (Å²) in [5.41, 5.74) is 2.31. The maximum atomic E-state index is 11.1. The molecule has 5 nitrogen and oxygen atoms in total. The number of carboxylic acid groups (broad SMARTS) is 1. The van der Waals surface area contributed by atoms with Crippen LogP contribution in [0.15, 0.2) is 24.3 Å². The average molecular weight is 260 g/mol. The van der Waals surface area contributed by atoms with Crippen molar-refractivity contribution >= 4 is 5.97 Å². The largest absolute Gasteiger partial charge is 0.487 e. The summed E-state index contributed by atoms with van der Waals surface area (Å²) in [6, 6.07) is 7.73. The van der Waals surface area contributed by atoms with Crippen LogP contribution >= 0.6 is 0 Å². The zero-order chi connectivity index (χ0) is 13.8. The van der Waals surface area contributed by atoms with Crippen molar-refractivity contribution < 1.29 is 14.6 Å². The SMILES string of the molecule is CCc1cccc(OCc2n[nH]c(C)c2C(=O)O)c1. The molecule has 1 aromatic carbocycles. The number of aryl methyl sites for hydroxylation is 2. The molecule has 0 saturated carbocycles. The molecule has 0 bridgehead atoms. The quantitative estimate of drug-likeness (QED) is 0.866. The van der Waals surface area contributed by atoms with E-state index in [-0.39, 0.29) is 12.2 Å². The first-order valence-corrected chi connectivity index (χ1v) is 6.10. The Morgan fingerprint density at radius 2 is 2.26 bits per heavy atom. The van der Waals surface area contributed by atoms with Crippen molar-refractivity contribution in [3.05, 3.63) is 46.8 Å². The van der Waals surface area contributed by atoms with E-state index in [1.807, 2.05) is 24.3 Å². The maximum absolute atomic E-state index is 11.1. The predicted octanol–water partition coefficient (Wildman–Crippen LogP) is 2.56. The number of aromatic amines is 1. The monoisotopic (exact) mass is 260 g/mol. The maximum Gasteiger partial charge on any atom is 0.339 e. The number of H-pyrrole nitrogens is 1. The van der Waals surface area contributed by atoms with Crippen LogP contribution in [-0.4, -0.2) is 21.3 Å². The number of nitrogens with one attached hydrogen (secondary N) is 1. The summed E-state index contributed by atoms with van der Waals surface area (Å²) < 4.78 is 5.59. The van der Waals surface area contributed by atoms with Crippen molar-refractivity contribution in [2.75, 3.05) is 0 Å². The van der Waals surface area contributed by atoms with Crippen molar-refractivity contribution in [1.82, 2.24) is 10.2 Å². The van der Waals surface area contributed by atoms with Crippen LogP contribution in [0.5, 0.6) is 5.75 Å². The predicted molar refractivity (Wildman–Crippen MR) is 70.4 cm³/mol. The first-order chi connectivity index (χ1) is 9.11. The molecule has 0 amide bonds. The number of carboxylic acids is 1. The molecule has 0 atom stereocenters. The van der Waals surface area contributed by atoms with Gasteiger partial charge in [-0.15, -0.1) is 0 Å². The molecular weight excluding hydrogens is 244 g/mol. The molecule has 2 rings (SSSR count). The molecule has 100 valence electrons. The van der Waals surface area contributed by atoms with E-state index < -0.39 is 5.97 Å². The summed E-state index contributed by atoms with van der Waals surface area (Å²) in [7, 11) is 0. The van der Waals surface area contributed by atoms with Crippen LogP contribution in [0.25, 0.3) is 0 Å². The lowest BCUT2D eigenvalue weighted by atomic mass is 10.1. The molecule has 1 heterocycles. The normalized spacial score (nSPS) is 10.4. The summed E-state index contributed by atoms with van der Waals surface area (Å²) in [4.78, 5) is 11.1. The molecule has 0 spiro atoms. The summed E-state index contributed by atoms with van der Waals surface area (Å²) in [6.07, 6.45) is 0.930. The number of hydrogen-bond donors (Lipinski definition) is 2. The number of ether oxygens (including phenoxy) is 1. The van der Waals surface area contributed by atoms with E-state index in [1.165, 1.54) is 5.56 Å². The number of carbonyl (C=O) groups is 1. The van der Waals surface area contributed by atoms with E-state index in [2.05, 4.69) is 17.1 Å². The van der Waals surface area contributed by atoms with Crippen LogP contribution in [0.3, 0.4) is 0 Å². The minimum atomic E-state index is -0.993. The van der Waals surface area contributed by atoms with Crippen LogP contribution in [0, 0.1) is 6.92 Å². The first-order valence-electron chi connectivity index (χ1n) is 6.10. The van der Waals surface area contributed by atoms with E-state index in [9.17, 15) is 4.79 Å². The summed E-state index contributed by atoms with van der Waals surface area (Å²) >= 11 is 0. The second-order valence-electron chi connectivity index (χ2n) is 4.27. The van der Waals surface area contributed by atoms with Gasteiger partial charge in [-0.05, 0) is 31.0 Å². The molecule has 1 aromatic heterocycles. The molecule has 0 aliphatic heterocycles. The lowest BCUT2D eigenvalue weighted by Crippen LogP contribution is -2.05. The lowest BCUT2D eigenvalue weighted by Gasteiger charge is -2.06. The van der Waals surface area contributed by atoms with Gasteiger partial charge in [0.15, 0.2) is 0 Å². The summed E-state index contributed by atoms with van der Waals surface area (Å²) in [5, 5.41) is 15.7. The highest BCUT2D eigenvalue weighted by molar-refractivity contribution is 5.90.